The van der Waals surface area contributed by atoms with E-state index in [4.69, 9.17) is 23.8 Å². The van der Waals surface area contributed by atoms with Crippen LogP contribution in [-0.4, -0.2) is 28.0 Å². The molecule has 0 unspecified atom stereocenters. The van der Waals surface area contributed by atoms with Crippen LogP contribution in [0.15, 0.2) is 18.2 Å². The van der Waals surface area contributed by atoms with Crippen LogP contribution in [0.3, 0.4) is 0 Å². The van der Waals surface area contributed by atoms with Gasteiger partial charge in [-0.05, 0) is 43.0 Å². The first-order valence-electron chi connectivity index (χ1n) is 8.04. The summed E-state index contributed by atoms with van der Waals surface area (Å²) >= 11 is 11.6. The van der Waals surface area contributed by atoms with Gasteiger partial charge in [-0.25, -0.2) is 0 Å². The van der Waals surface area contributed by atoms with E-state index in [1.54, 1.807) is 0 Å². The molecule has 3 rings (SSSR count). The van der Waals surface area contributed by atoms with Crippen molar-refractivity contribution in [2.45, 2.75) is 32.1 Å². The van der Waals surface area contributed by atoms with Crippen LogP contribution in [0.5, 0.6) is 0 Å². The first-order valence-corrected chi connectivity index (χ1v) is 8.83. The number of nitro groups is 1. The maximum absolute atomic E-state index is 10.9. The molecule has 124 valence electrons. The van der Waals surface area contributed by atoms with Crippen LogP contribution in [0.1, 0.15) is 32.1 Å². The number of anilines is 1. The van der Waals surface area contributed by atoms with Crippen LogP contribution in [0.4, 0.5) is 11.4 Å². The van der Waals surface area contributed by atoms with Crippen molar-refractivity contribution in [3.05, 3.63) is 33.3 Å². The number of thiocarbonyl (C=S) groups is 1. The number of halogens is 1. The summed E-state index contributed by atoms with van der Waals surface area (Å²) in [7, 11) is 0. The first kappa shape index (κ1) is 16.5. The average Bonchev–Trinajstić information content (AvgIpc) is 2.56. The molecular weight excluding hydrogens is 334 g/mol. The van der Waals surface area contributed by atoms with Crippen molar-refractivity contribution >= 4 is 40.3 Å². The summed E-state index contributed by atoms with van der Waals surface area (Å²) in [4.78, 5) is 12.6. The maximum Gasteiger partial charge on any atom is 0.271 e. The van der Waals surface area contributed by atoms with Crippen LogP contribution < -0.4 is 5.32 Å². The van der Waals surface area contributed by atoms with Gasteiger partial charge in [-0.1, -0.05) is 30.9 Å². The van der Waals surface area contributed by atoms with E-state index in [1.165, 1.54) is 50.3 Å². The van der Waals surface area contributed by atoms with Crippen molar-refractivity contribution in [1.82, 2.24) is 4.90 Å². The third-order valence-corrected chi connectivity index (χ3v) is 5.67. The van der Waals surface area contributed by atoms with Crippen LogP contribution >= 0.6 is 23.8 Å². The molecule has 1 aromatic rings. The monoisotopic (exact) mass is 353 g/mol. The van der Waals surface area contributed by atoms with Crippen LogP contribution in [0.2, 0.25) is 5.02 Å². The molecule has 0 spiro atoms. The number of nitrogens with one attached hydrogen (secondary N) is 1. The van der Waals surface area contributed by atoms with Gasteiger partial charge in [0.25, 0.3) is 5.69 Å². The van der Waals surface area contributed by atoms with Crippen molar-refractivity contribution < 1.29 is 4.92 Å². The normalized spacial score (nSPS) is 24.0. The van der Waals surface area contributed by atoms with Gasteiger partial charge in [0.2, 0.25) is 0 Å². The minimum absolute atomic E-state index is 0.00527. The molecule has 2 atom stereocenters. The lowest BCUT2D eigenvalue weighted by Crippen LogP contribution is -2.46. The topological polar surface area (TPSA) is 58.4 Å². The predicted octanol–water partition coefficient (Wildman–Crippen LogP) is 4.46. The summed E-state index contributed by atoms with van der Waals surface area (Å²) < 4.78 is 0. The zero-order valence-electron chi connectivity index (χ0n) is 12.8. The Balaban J connectivity index is 1.67. The number of fused-ring (bicyclic) bond motifs is 1. The number of rotatable bonds is 2. The molecule has 1 saturated carbocycles. The van der Waals surface area contributed by atoms with Crippen molar-refractivity contribution in [3.63, 3.8) is 0 Å². The highest BCUT2D eigenvalue weighted by Crippen LogP contribution is 2.36. The number of non-ortho nitro benzene ring substituents is 1. The molecule has 23 heavy (non-hydrogen) atoms. The highest BCUT2D eigenvalue weighted by atomic mass is 35.5. The second-order valence-corrected chi connectivity index (χ2v) is 7.18. The van der Waals surface area contributed by atoms with E-state index >= 15 is 0 Å². The third-order valence-electron chi connectivity index (χ3n) is 4.98. The van der Waals surface area contributed by atoms with E-state index < -0.39 is 4.92 Å². The van der Waals surface area contributed by atoms with Gasteiger partial charge in [-0.15, -0.1) is 0 Å². The fourth-order valence-corrected chi connectivity index (χ4v) is 4.14. The molecule has 1 saturated heterocycles. The third kappa shape index (κ3) is 3.75. The highest BCUT2D eigenvalue weighted by Gasteiger charge is 2.32. The van der Waals surface area contributed by atoms with E-state index in [-0.39, 0.29) is 5.69 Å². The average molecular weight is 354 g/mol. The van der Waals surface area contributed by atoms with Gasteiger partial charge in [0.1, 0.15) is 0 Å². The highest BCUT2D eigenvalue weighted by molar-refractivity contribution is 7.80. The molecule has 2 fully saturated rings. The molecule has 1 aliphatic heterocycles. The number of likely N-dealkylation sites (tertiary alicyclic amines) is 1. The number of piperidine rings is 1. The summed E-state index contributed by atoms with van der Waals surface area (Å²) in [5, 5.41) is 15.0. The molecule has 1 N–H and O–H groups in total. The van der Waals surface area contributed by atoms with Gasteiger partial charge >= 0.3 is 0 Å². The van der Waals surface area contributed by atoms with Crippen LogP contribution in [0.25, 0.3) is 0 Å². The van der Waals surface area contributed by atoms with Crippen LogP contribution in [0, 0.1) is 22.0 Å². The summed E-state index contributed by atoms with van der Waals surface area (Å²) in [6.07, 6.45) is 6.46. The Morgan fingerprint density at radius 3 is 2.78 bits per heavy atom. The Morgan fingerprint density at radius 1 is 1.30 bits per heavy atom. The lowest BCUT2D eigenvalue weighted by molar-refractivity contribution is -0.384. The standard InChI is InChI=1S/C16H20ClN3O2S/c17-14-6-5-13(20(21)22)9-15(14)18-16(23)19-8-7-11-3-1-2-4-12(11)10-19/h5-6,9,11-12H,1-4,7-8,10H2,(H,18,23)/t11-,12+/m1/s1. The lowest BCUT2D eigenvalue weighted by Gasteiger charge is -2.42. The summed E-state index contributed by atoms with van der Waals surface area (Å²) in [6.45, 7) is 1.92. The number of hydrogen-bond acceptors (Lipinski definition) is 3. The Bertz CT molecular complexity index is 625. The molecule has 0 amide bonds. The fourth-order valence-electron chi connectivity index (χ4n) is 3.70. The predicted molar refractivity (Wildman–Crippen MR) is 96.0 cm³/mol. The van der Waals surface area contributed by atoms with E-state index in [2.05, 4.69) is 10.2 Å². The SMILES string of the molecule is O=[N+]([O-])c1ccc(Cl)c(NC(=S)N2CC[C@H]3CCCC[C@H]3C2)c1. The maximum atomic E-state index is 10.9. The summed E-state index contributed by atoms with van der Waals surface area (Å²) in [5.74, 6) is 1.56. The molecule has 1 heterocycles. The first-order chi connectivity index (χ1) is 11.0. The van der Waals surface area contributed by atoms with Crippen molar-refractivity contribution in [2.24, 2.45) is 11.8 Å². The Morgan fingerprint density at radius 2 is 2.04 bits per heavy atom. The van der Waals surface area contributed by atoms with Crippen molar-refractivity contribution in [2.75, 3.05) is 18.4 Å². The van der Waals surface area contributed by atoms with E-state index in [9.17, 15) is 10.1 Å². The summed E-state index contributed by atoms with van der Waals surface area (Å²) in [5.41, 5.74) is 0.502. The Hall–Kier alpha value is -1.40. The minimum Gasteiger partial charge on any atom is -0.349 e. The lowest BCUT2D eigenvalue weighted by atomic mass is 9.75. The number of benzene rings is 1. The molecule has 1 aliphatic carbocycles. The number of hydrogen-bond donors (Lipinski definition) is 1. The van der Waals surface area contributed by atoms with Gasteiger partial charge in [-0.3, -0.25) is 10.1 Å². The van der Waals surface area contributed by atoms with Crippen molar-refractivity contribution in [3.8, 4) is 0 Å². The molecule has 5 nitrogen and oxygen atoms in total. The van der Waals surface area contributed by atoms with Gasteiger partial charge in [0, 0.05) is 25.2 Å². The van der Waals surface area contributed by atoms with E-state index in [0.29, 0.717) is 15.8 Å². The van der Waals surface area contributed by atoms with Gasteiger partial charge in [0.15, 0.2) is 5.11 Å². The molecule has 0 radical (unpaired) electrons. The smallest absolute Gasteiger partial charge is 0.271 e. The fraction of sp³-hybridized carbons (Fsp3) is 0.562. The van der Waals surface area contributed by atoms with Gasteiger partial charge in [0.05, 0.1) is 15.6 Å². The van der Waals surface area contributed by atoms with Gasteiger partial charge in [-0.2, -0.15) is 0 Å². The van der Waals surface area contributed by atoms with Crippen LogP contribution in [-0.2, 0) is 0 Å². The second kappa shape index (κ2) is 7.01. The quantitative estimate of drug-likeness (QED) is 0.483. The number of nitrogens with zero attached hydrogens (tertiary/aromatic N) is 2. The van der Waals surface area contributed by atoms with E-state index in [0.717, 1.165) is 24.9 Å². The molecule has 7 heteroatoms. The molecular formula is C16H20ClN3O2S. The summed E-state index contributed by atoms with van der Waals surface area (Å²) in [6, 6.07) is 4.35. The van der Waals surface area contributed by atoms with Gasteiger partial charge < -0.3 is 10.2 Å². The second-order valence-electron chi connectivity index (χ2n) is 6.39. The number of nitro benzene ring substituents is 1. The molecule has 0 aromatic heterocycles. The Kier molecular flexibility index (Phi) is 5.02. The molecule has 1 aromatic carbocycles. The Labute approximate surface area is 146 Å². The zero-order valence-corrected chi connectivity index (χ0v) is 14.4. The molecule has 0 bridgehead atoms. The zero-order chi connectivity index (χ0) is 16.4. The van der Waals surface area contributed by atoms with E-state index in [1.807, 2.05) is 0 Å². The minimum atomic E-state index is -0.432. The largest absolute Gasteiger partial charge is 0.349 e. The van der Waals surface area contributed by atoms with Crippen molar-refractivity contribution in [1.29, 1.82) is 0 Å². The molecule has 2 aliphatic rings.